The lowest BCUT2D eigenvalue weighted by Crippen LogP contribution is -2.48. The fourth-order valence-corrected chi connectivity index (χ4v) is 4.43. The van der Waals surface area contributed by atoms with Gasteiger partial charge in [-0.1, -0.05) is 31.2 Å². The van der Waals surface area contributed by atoms with Gasteiger partial charge in [-0.15, -0.1) is 0 Å². The van der Waals surface area contributed by atoms with Gasteiger partial charge in [-0.3, -0.25) is 9.59 Å². The number of hydrogen-bond donors (Lipinski definition) is 0. The monoisotopic (exact) mass is 418 g/mol. The van der Waals surface area contributed by atoms with Gasteiger partial charge in [0.1, 0.15) is 5.75 Å². The van der Waals surface area contributed by atoms with Gasteiger partial charge in [-0.2, -0.15) is 0 Å². The predicted octanol–water partition coefficient (Wildman–Crippen LogP) is 4.18. The van der Waals surface area contributed by atoms with E-state index in [1.54, 1.807) is 6.08 Å². The zero-order valence-electron chi connectivity index (χ0n) is 18.1. The van der Waals surface area contributed by atoms with Crippen molar-refractivity contribution in [3.05, 3.63) is 71.3 Å². The van der Waals surface area contributed by atoms with E-state index in [0.29, 0.717) is 13.1 Å². The molecule has 4 rings (SSSR count). The molecular weight excluding hydrogens is 388 g/mol. The molecule has 31 heavy (non-hydrogen) atoms. The van der Waals surface area contributed by atoms with Crippen LogP contribution in [0.3, 0.4) is 0 Å². The summed E-state index contributed by atoms with van der Waals surface area (Å²) in [5.41, 5.74) is 2.96. The van der Waals surface area contributed by atoms with Gasteiger partial charge in [0.25, 0.3) is 5.91 Å². The van der Waals surface area contributed by atoms with E-state index in [-0.39, 0.29) is 17.9 Å². The zero-order valence-corrected chi connectivity index (χ0v) is 18.1. The van der Waals surface area contributed by atoms with Crippen LogP contribution in [-0.2, 0) is 11.2 Å². The molecule has 2 heterocycles. The lowest BCUT2D eigenvalue weighted by molar-refractivity contribution is -0.129. The summed E-state index contributed by atoms with van der Waals surface area (Å²) in [4.78, 5) is 29.6. The van der Waals surface area contributed by atoms with Gasteiger partial charge < -0.3 is 14.5 Å². The molecular formula is C26H30N2O3. The molecule has 0 unspecified atom stereocenters. The van der Waals surface area contributed by atoms with Crippen molar-refractivity contribution < 1.29 is 14.3 Å². The van der Waals surface area contributed by atoms with Crippen molar-refractivity contribution >= 4 is 17.9 Å². The third-order valence-electron chi connectivity index (χ3n) is 6.09. The molecule has 2 amide bonds. The van der Waals surface area contributed by atoms with Crippen LogP contribution in [0.25, 0.3) is 6.08 Å². The van der Waals surface area contributed by atoms with E-state index in [4.69, 9.17) is 4.74 Å². The highest BCUT2D eigenvalue weighted by Gasteiger charge is 2.28. The first-order valence-corrected chi connectivity index (χ1v) is 11.2. The Morgan fingerprint density at radius 1 is 1.13 bits per heavy atom. The van der Waals surface area contributed by atoms with Gasteiger partial charge >= 0.3 is 0 Å². The Labute approximate surface area is 184 Å². The lowest BCUT2D eigenvalue weighted by atomic mass is 10.0. The van der Waals surface area contributed by atoms with Crippen molar-refractivity contribution in [1.82, 2.24) is 9.80 Å². The highest BCUT2D eigenvalue weighted by Crippen LogP contribution is 2.26. The van der Waals surface area contributed by atoms with E-state index in [2.05, 4.69) is 13.0 Å². The predicted molar refractivity (Wildman–Crippen MR) is 122 cm³/mol. The average molecular weight is 419 g/mol. The van der Waals surface area contributed by atoms with E-state index in [1.807, 2.05) is 58.3 Å². The summed E-state index contributed by atoms with van der Waals surface area (Å²) < 4.78 is 5.55. The normalized spacial score (nSPS) is 16.2. The molecule has 0 N–H and O–H groups in total. The molecule has 0 bridgehead atoms. The number of fused-ring (bicyclic) bond motifs is 1. The molecule has 0 saturated carbocycles. The number of rotatable bonds is 6. The molecule has 0 aliphatic carbocycles. The molecule has 5 heteroatoms. The Morgan fingerprint density at radius 2 is 1.90 bits per heavy atom. The first-order chi connectivity index (χ1) is 15.2. The van der Waals surface area contributed by atoms with Crippen LogP contribution in [0.2, 0.25) is 0 Å². The van der Waals surface area contributed by atoms with Gasteiger partial charge in [0.15, 0.2) is 0 Å². The van der Waals surface area contributed by atoms with Crippen molar-refractivity contribution in [3.8, 4) is 5.75 Å². The van der Waals surface area contributed by atoms with Crippen molar-refractivity contribution in [2.75, 3.05) is 26.2 Å². The molecule has 5 nitrogen and oxygen atoms in total. The van der Waals surface area contributed by atoms with E-state index in [0.717, 1.165) is 55.7 Å². The van der Waals surface area contributed by atoms with Crippen molar-refractivity contribution in [3.63, 3.8) is 0 Å². The molecule has 162 valence electrons. The van der Waals surface area contributed by atoms with E-state index in [9.17, 15) is 9.59 Å². The number of piperidine rings is 1. The minimum atomic E-state index is 0.0476. The molecule has 0 radical (unpaired) electrons. The summed E-state index contributed by atoms with van der Waals surface area (Å²) in [7, 11) is 0. The standard InChI is InChI=1S/C26H30N2O3/c1-2-15-28(25(29)11-9-20-8-10-24-22(19-20)14-18-31-24)23-12-16-27(17-13-23)26(30)21-6-4-3-5-7-21/h3-11,19,23H,2,12-18H2,1H3/b11-9+. The molecule has 1 fully saturated rings. The number of amides is 2. The maximum absolute atomic E-state index is 13.0. The second-order valence-electron chi connectivity index (χ2n) is 8.22. The number of ether oxygens (including phenoxy) is 1. The van der Waals surface area contributed by atoms with Crippen molar-refractivity contribution in [2.24, 2.45) is 0 Å². The molecule has 0 aromatic heterocycles. The lowest BCUT2D eigenvalue weighted by Gasteiger charge is -2.38. The van der Waals surface area contributed by atoms with Crippen LogP contribution in [0.15, 0.2) is 54.6 Å². The van der Waals surface area contributed by atoms with Crippen LogP contribution in [0.5, 0.6) is 5.75 Å². The molecule has 1 saturated heterocycles. The van der Waals surface area contributed by atoms with Crippen LogP contribution in [0.4, 0.5) is 0 Å². The largest absolute Gasteiger partial charge is 0.493 e. The second-order valence-corrected chi connectivity index (χ2v) is 8.22. The second kappa shape index (κ2) is 9.82. The highest BCUT2D eigenvalue weighted by atomic mass is 16.5. The molecule has 2 aliphatic rings. The summed E-state index contributed by atoms with van der Waals surface area (Å²) in [5, 5.41) is 0. The van der Waals surface area contributed by atoms with Crippen LogP contribution in [-0.4, -0.2) is 53.9 Å². The van der Waals surface area contributed by atoms with Gasteiger partial charge in [0.05, 0.1) is 6.61 Å². The number of hydrogen-bond acceptors (Lipinski definition) is 3. The first-order valence-electron chi connectivity index (χ1n) is 11.2. The number of benzene rings is 2. The van der Waals surface area contributed by atoms with E-state index in [1.165, 1.54) is 5.56 Å². The summed E-state index contributed by atoms with van der Waals surface area (Å²) in [6, 6.07) is 15.7. The van der Waals surface area contributed by atoms with Crippen LogP contribution >= 0.6 is 0 Å². The van der Waals surface area contributed by atoms with E-state index >= 15 is 0 Å². The third kappa shape index (κ3) is 4.98. The number of nitrogens with zero attached hydrogens (tertiary/aromatic N) is 2. The molecule has 2 aromatic carbocycles. The fourth-order valence-electron chi connectivity index (χ4n) is 4.43. The Kier molecular flexibility index (Phi) is 6.70. The quantitative estimate of drug-likeness (QED) is 0.662. The molecule has 2 aromatic rings. The van der Waals surface area contributed by atoms with Crippen molar-refractivity contribution in [1.29, 1.82) is 0 Å². The van der Waals surface area contributed by atoms with Gasteiger partial charge in [0, 0.05) is 43.7 Å². The maximum Gasteiger partial charge on any atom is 0.253 e. The Bertz CT molecular complexity index is 946. The zero-order chi connectivity index (χ0) is 21.6. The smallest absolute Gasteiger partial charge is 0.253 e. The summed E-state index contributed by atoms with van der Waals surface area (Å²) in [5.74, 6) is 1.08. The van der Waals surface area contributed by atoms with Gasteiger partial charge in [0.2, 0.25) is 5.91 Å². The van der Waals surface area contributed by atoms with Crippen molar-refractivity contribution in [2.45, 2.75) is 38.6 Å². The number of carbonyl (C=O) groups excluding carboxylic acids is 2. The minimum absolute atomic E-state index is 0.0476. The molecule has 0 atom stereocenters. The highest BCUT2D eigenvalue weighted by molar-refractivity contribution is 5.94. The first kappa shape index (κ1) is 21.2. The molecule has 2 aliphatic heterocycles. The van der Waals surface area contributed by atoms with Crippen LogP contribution in [0.1, 0.15) is 47.7 Å². The summed E-state index contributed by atoms with van der Waals surface area (Å²) in [6.45, 7) is 4.93. The SMILES string of the molecule is CCCN(C(=O)/C=C/c1ccc2c(c1)CCO2)C1CCN(C(=O)c2ccccc2)CC1. The number of likely N-dealkylation sites (tertiary alicyclic amines) is 1. The summed E-state index contributed by atoms with van der Waals surface area (Å²) >= 11 is 0. The Hall–Kier alpha value is -3.08. The van der Waals surface area contributed by atoms with Gasteiger partial charge in [-0.05, 0) is 60.7 Å². The third-order valence-corrected chi connectivity index (χ3v) is 6.09. The van der Waals surface area contributed by atoms with Crippen LogP contribution < -0.4 is 4.74 Å². The van der Waals surface area contributed by atoms with Gasteiger partial charge in [-0.25, -0.2) is 0 Å². The summed E-state index contributed by atoms with van der Waals surface area (Å²) in [6.07, 6.45) is 7.06. The van der Waals surface area contributed by atoms with Crippen LogP contribution in [0, 0.1) is 0 Å². The average Bonchev–Trinajstić information content (AvgIpc) is 3.29. The minimum Gasteiger partial charge on any atom is -0.493 e. The van der Waals surface area contributed by atoms with E-state index < -0.39 is 0 Å². The number of carbonyl (C=O) groups is 2. The Balaban J connectivity index is 1.37. The molecule has 0 spiro atoms. The maximum atomic E-state index is 13.0. The topological polar surface area (TPSA) is 49.9 Å². The Morgan fingerprint density at radius 3 is 2.65 bits per heavy atom. The fraction of sp³-hybridized carbons (Fsp3) is 0.385.